The SMILES string of the molecule is CCC(=Cc1sc2c([n+]1CC)[Te]C(C)C(C)=C2)C=C1Sc2cc(OC)c(OC)cc2N1CC(C(=O)O)S(=O)(=O)O.[OH-]. The number of fused-ring (bicyclic) bond motifs is 2. The molecule has 0 bridgehead atoms. The fourth-order valence-corrected chi connectivity index (χ4v) is 11.4. The van der Waals surface area contributed by atoms with Crippen LogP contribution in [0.4, 0.5) is 5.69 Å². The molecule has 0 aliphatic carbocycles. The Balaban J connectivity index is 0.00000462. The molecule has 0 spiro atoms. The molecule has 3 N–H and O–H groups in total. The Labute approximate surface area is 258 Å². The van der Waals surface area contributed by atoms with E-state index in [1.807, 2.05) is 6.08 Å². The Hall–Kier alpha value is -2.05. The minimum absolute atomic E-state index is 0. The average molecular weight is 738 g/mol. The zero-order valence-electron chi connectivity index (χ0n) is 23.6. The van der Waals surface area contributed by atoms with E-state index in [1.165, 1.54) is 40.2 Å². The van der Waals surface area contributed by atoms with Crippen LogP contribution in [-0.2, 0) is 21.5 Å². The fraction of sp³-hybridized carbons (Fsp3) is 0.407. The van der Waals surface area contributed by atoms with Gasteiger partial charge in [-0.25, -0.2) is 0 Å². The second kappa shape index (κ2) is 13.5. The summed E-state index contributed by atoms with van der Waals surface area (Å²) in [6, 6.07) is 3.47. The third kappa shape index (κ3) is 6.96. The molecule has 0 radical (unpaired) electrons. The van der Waals surface area contributed by atoms with Crippen molar-refractivity contribution in [1.29, 1.82) is 0 Å². The molecule has 0 fully saturated rings. The maximum atomic E-state index is 12.0. The van der Waals surface area contributed by atoms with Crippen molar-refractivity contribution in [2.75, 3.05) is 25.7 Å². The Morgan fingerprint density at radius 1 is 1.24 bits per heavy atom. The number of benzene rings is 1. The van der Waals surface area contributed by atoms with Gasteiger partial charge in [-0.05, 0) is 0 Å². The van der Waals surface area contributed by atoms with Crippen LogP contribution in [0.25, 0.3) is 12.2 Å². The van der Waals surface area contributed by atoms with Crippen LogP contribution in [0.2, 0.25) is 3.97 Å². The molecule has 224 valence electrons. The molecule has 2 aromatic rings. The van der Waals surface area contributed by atoms with E-state index in [-0.39, 0.29) is 26.4 Å². The van der Waals surface area contributed by atoms with Crippen molar-refractivity contribution in [2.24, 2.45) is 0 Å². The van der Waals surface area contributed by atoms with Gasteiger partial charge in [0.1, 0.15) is 0 Å². The molecule has 1 aromatic heterocycles. The summed E-state index contributed by atoms with van der Waals surface area (Å²) in [5, 5.41) is 9.41. The number of hydrogen-bond donors (Lipinski definition) is 2. The van der Waals surface area contributed by atoms with Gasteiger partial charge in [0.2, 0.25) is 0 Å². The van der Waals surface area contributed by atoms with E-state index in [1.54, 1.807) is 28.4 Å². The van der Waals surface area contributed by atoms with Crippen molar-refractivity contribution in [3.05, 3.63) is 44.3 Å². The minimum atomic E-state index is -4.86. The number of hydrogen-bond acceptors (Lipinski definition) is 9. The number of carbonyl (C=O) groups is 1. The van der Waals surface area contributed by atoms with Crippen molar-refractivity contribution in [1.82, 2.24) is 0 Å². The number of methoxy groups -OCH3 is 2. The van der Waals surface area contributed by atoms with Gasteiger partial charge in [-0.3, -0.25) is 0 Å². The summed E-state index contributed by atoms with van der Waals surface area (Å²) in [6.07, 6.45) is 7.14. The van der Waals surface area contributed by atoms with Gasteiger partial charge in [0, 0.05) is 0 Å². The summed E-state index contributed by atoms with van der Waals surface area (Å²) in [7, 11) is -1.84. The van der Waals surface area contributed by atoms with Crippen molar-refractivity contribution in [3.8, 4) is 11.5 Å². The van der Waals surface area contributed by atoms with Crippen LogP contribution >= 0.6 is 23.1 Å². The van der Waals surface area contributed by atoms with Gasteiger partial charge in [-0.1, -0.05) is 0 Å². The van der Waals surface area contributed by atoms with Gasteiger partial charge in [0.05, 0.1) is 14.2 Å². The molecule has 4 rings (SSSR count). The van der Waals surface area contributed by atoms with Gasteiger partial charge in [-0.15, -0.1) is 0 Å². The summed E-state index contributed by atoms with van der Waals surface area (Å²) in [5.41, 5.74) is 3.02. The van der Waals surface area contributed by atoms with E-state index in [9.17, 15) is 22.9 Å². The monoisotopic (exact) mass is 740 g/mol. The quantitative estimate of drug-likeness (QED) is 0.208. The summed E-state index contributed by atoms with van der Waals surface area (Å²) >= 11 is 2.81. The smallest absolute Gasteiger partial charge is 0.870 e. The van der Waals surface area contributed by atoms with Crippen LogP contribution in [0.15, 0.2) is 39.3 Å². The summed E-state index contributed by atoms with van der Waals surface area (Å²) in [6.45, 7) is 9.12. The molecule has 10 nitrogen and oxygen atoms in total. The molecule has 0 amide bonds. The number of carboxylic acids is 1. The first-order chi connectivity index (χ1) is 18.9. The van der Waals surface area contributed by atoms with E-state index in [4.69, 9.17) is 9.47 Å². The predicted octanol–water partition coefficient (Wildman–Crippen LogP) is 4.04. The molecule has 41 heavy (non-hydrogen) atoms. The van der Waals surface area contributed by atoms with Crippen LogP contribution in [-0.4, -0.2) is 76.5 Å². The fourth-order valence-electron chi connectivity index (χ4n) is 4.40. The van der Waals surface area contributed by atoms with Crippen molar-refractivity contribution in [3.63, 3.8) is 0 Å². The summed E-state index contributed by atoms with van der Waals surface area (Å²) in [5.74, 6) is -0.699. The molecule has 2 unspecified atom stereocenters. The van der Waals surface area contributed by atoms with Crippen LogP contribution in [0, 0.1) is 0 Å². The second-order valence-corrected chi connectivity index (χ2v) is 16.8. The first-order valence-electron chi connectivity index (χ1n) is 12.7. The van der Waals surface area contributed by atoms with Crippen molar-refractivity contribution < 1.29 is 42.4 Å². The Bertz CT molecular complexity index is 1530. The topological polar surface area (TPSA) is 147 Å². The average Bonchev–Trinajstić information content (AvgIpc) is 3.40. The Morgan fingerprint density at radius 2 is 1.90 bits per heavy atom. The molecule has 3 heterocycles. The van der Waals surface area contributed by atoms with Crippen LogP contribution < -0.4 is 22.7 Å². The number of thiazole rings is 1. The van der Waals surface area contributed by atoms with E-state index < -0.39 is 27.9 Å². The summed E-state index contributed by atoms with van der Waals surface area (Å²) < 4.78 is 49.1. The van der Waals surface area contributed by atoms with Gasteiger partial charge in [0.25, 0.3) is 0 Å². The number of rotatable bonds is 10. The van der Waals surface area contributed by atoms with Gasteiger partial charge in [0.15, 0.2) is 0 Å². The van der Waals surface area contributed by atoms with Crippen LogP contribution in [0.3, 0.4) is 0 Å². The predicted molar refractivity (Wildman–Crippen MR) is 163 cm³/mol. The Kier molecular flexibility index (Phi) is 11.0. The number of aromatic nitrogens is 1. The molecule has 0 saturated heterocycles. The summed E-state index contributed by atoms with van der Waals surface area (Å²) in [4.78, 5) is 15.6. The van der Waals surface area contributed by atoms with Crippen LogP contribution in [0.1, 0.15) is 44.0 Å². The maximum absolute atomic E-state index is 12.0. The number of ether oxygens (including phenoxy) is 2. The van der Waals surface area contributed by atoms with E-state index in [0.717, 1.165) is 22.0 Å². The number of anilines is 1. The molecular weight excluding hydrogens is 704 g/mol. The molecular formula is C27H34N2O8S3Te. The van der Waals surface area contributed by atoms with Crippen molar-refractivity contribution >= 4 is 81.7 Å². The van der Waals surface area contributed by atoms with Gasteiger partial charge < -0.3 is 5.48 Å². The van der Waals surface area contributed by atoms with Gasteiger partial charge >= 0.3 is 241 Å². The number of aliphatic carboxylic acids is 1. The van der Waals surface area contributed by atoms with Crippen LogP contribution in [0.5, 0.6) is 11.5 Å². The molecule has 0 saturated carbocycles. The zero-order chi connectivity index (χ0) is 29.4. The molecule has 2 aliphatic heterocycles. The second-order valence-electron chi connectivity index (χ2n) is 9.29. The number of allylic oxidation sites excluding steroid dienone is 3. The third-order valence-corrected chi connectivity index (χ3v) is 14.4. The minimum Gasteiger partial charge on any atom is -0.870 e. The van der Waals surface area contributed by atoms with E-state index in [2.05, 4.69) is 44.4 Å². The van der Waals surface area contributed by atoms with E-state index >= 15 is 0 Å². The molecule has 2 aliphatic rings. The van der Waals surface area contributed by atoms with Crippen molar-refractivity contribution in [2.45, 2.75) is 54.8 Å². The normalized spacial score (nSPS) is 18.4. The molecule has 14 heteroatoms. The van der Waals surface area contributed by atoms with Gasteiger partial charge in [-0.2, -0.15) is 0 Å². The Morgan fingerprint density at radius 3 is 2.46 bits per heavy atom. The molecule has 2 atom stereocenters. The first-order valence-corrected chi connectivity index (χ1v) is 18.3. The number of thioether (sulfide) groups is 1. The zero-order valence-corrected chi connectivity index (χ0v) is 28.4. The van der Waals surface area contributed by atoms with E-state index in [0.29, 0.717) is 32.6 Å². The number of carboxylic acid groups (broad SMARTS) is 1. The third-order valence-electron chi connectivity index (χ3n) is 6.79. The number of nitrogens with zero attached hydrogens (tertiary/aromatic N) is 2. The standard InChI is InChI=1S/C27H32N2O7S3Te.H2O/c1-7-17(10-24-28(8-2)26-22(38-24)9-15(3)16(4)40-26)11-25-29(14-23(27(30)31)39(32,33)34)18-12-19(35-5)20(36-6)13-21(18)37-25;/h9-13,16,23H,7-8,14H2,1-6H3,(H-,30,31,32,33,34);1H2. The molecule has 1 aromatic carbocycles. The first kappa shape index (κ1) is 33.5.